The van der Waals surface area contributed by atoms with Crippen LogP contribution in [0.5, 0.6) is 5.75 Å². The van der Waals surface area contributed by atoms with Crippen LogP contribution >= 0.6 is 0 Å². The molecule has 0 spiro atoms. The summed E-state index contributed by atoms with van der Waals surface area (Å²) >= 11 is 0. The fourth-order valence-corrected chi connectivity index (χ4v) is 3.51. The second kappa shape index (κ2) is 6.59. The molecule has 0 radical (unpaired) electrons. The number of rotatable bonds is 6. The summed E-state index contributed by atoms with van der Waals surface area (Å²) in [7, 11) is -2.34. The van der Waals surface area contributed by atoms with Crippen molar-refractivity contribution < 1.29 is 13.2 Å². The van der Waals surface area contributed by atoms with E-state index in [-0.39, 0.29) is 23.7 Å². The molecule has 0 amide bonds. The third-order valence-corrected chi connectivity index (χ3v) is 4.82. The lowest BCUT2D eigenvalue weighted by Gasteiger charge is -2.22. The van der Waals surface area contributed by atoms with Crippen LogP contribution in [0, 0.1) is 17.2 Å². The van der Waals surface area contributed by atoms with Gasteiger partial charge in [0.1, 0.15) is 10.6 Å². The number of anilines is 1. The number of hydrogen-bond acceptors (Lipinski definition) is 5. The molecule has 0 aliphatic rings. The Morgan fingerprint density at radius 3 is 2.65 bits per heavy atom. The zero-order valence-electron chi connectivity index (χ0n) is 11.8. The summed E-state index contributed by atoms with van der Waals surface area (Å²) in [6, 6.07) is 6.49. The van der Waals surface area contributed by atoms with Crippen molar-refractivity contribution in [2.75, 3.05) is 25.9 Å². The maximum atomic E-state index is 12.6. The lowest BCUT2D eigenvalue weighted by atomic mass is 10.2. The van der Waals surface area contributed by atoms with Crippen LogP contribution in [-0.2, 0) is 10.0 Å². The largest absolute Gasteiger partial charge is 0.495 e. The maximum Gasteiger partial charge on any atom is 0.246 e. The van der Waals surface area contributed by atoms with E-state index in [4.69, 9.17) is 15.7 Å². The first-order valence-electron chi connectivity index (χ1n) is 6.20. The van der Waals surface area contributed by atoms with Gasteiger partial charge in [-0.15, -0.1) is 0 Å². The third-order valence-electron chi connectivity index (χ3n) is 2.86. The predicted octanol–water partition coefficient (Wildman–Crippen LogP) is 1.45. The number of hydrogen-bond donors (Lipinski definition) is 1. The zero-order chi connectivity index (χ0) is 15.3. The van der Waals surface area contributed by atoms with Gasteiger partial charge >= 0.3 is 0 Å². The lowest BCUT2D eigenvalue weighted by molar-refractivity contribution is 0.383. The summed E-state index contributed by atoms with van der Waals surface area (Å²) < 4.78 is 31.6. The van der Waals surface area contributed by atoms with Gasteiger partial charge < -0.3 is 10.5 Å². The summed E-state index contributed by atoms with van der Waals surface area (Å²) in [4.78, 5) is 0.0204. The van der Waals surface area contributed by atoms with Crippen LogP contribution in [-0.4, -0.2) is 32.9 Å². The summed E-state index contributed by atoms with van der Waals surface area (Å²) in [5.74, 6) is -0.154. The third kappa shape index (κ3) is 3.40. The summed E-state index contributed by atoms with van der Waals surface area (Å²) in [6.45, 7) is 3.80. The van der Waals surface area contributed by atoms with E-state index in [1.54, 1.807) is 19.9 Å². The van der Waals surface area contributed by atoms with Crippen molar-refractivity contribution in [2.24, 2.45) is 5.92 Å². The molecule has 0 saturated carbocycles. The second-order valence-electron chi connectivity index (χ2n) is 4.40. The highest BCUT2D eigenvalue weighted by Crippen LogP contribution is 2.29. The maximum absolute atomic E-state index is 12.6. The van der Waals surface area contributed by atoms with E-state index in [2.05, 4.69) is 0 Å². The first-order valence-corrected chi connectivity index (χ1v) is 7.64. The average Bonchev–Trinajstić information content (AvgIpc) is 2.44. The molecule has 2 N–H and O–H groups in total. The van der Waals surface area contributed by atoms with Gasteiger partial charge in [-0.05, 0) is 25.1 Å². The van der Waals surface area contributed by atoms with Crippen LogP contribution in [0.1, 0.15) is 13.8 Å². The average molecular weight is 297 g/mol. The molecule has 0 aromatic heterocycles. The summed E-state index contributed by atoms with van der Waals surface area (Å²) in [5, 5.41) is 8.84. The minimum Gasteiger partial charge on any atom is -0.495 e. The van der Waals surface area contributed by atoms with E-state index in [0.29, 0.717) is 5.69 Å². The van der Waals surface area contributed by atoms with E-state index >= 15 is 0 Å². The van der Waals surface area contributed by atoms with E-state index in [0.717, 1.165) is 0 Å². The molecule has 1 aromatic carbocycles. The number of nitriles is 1. The molecule has 6 nitrogen and oxygen atoms in total. The smallest absolute Gasteiger partial charge is 0.246 e. The number of nitrogen functional groups attached to an aromatic ring is 1. The molecule has 20 heavy (non-hydrogen) atoms. The van der Waals surface area contributed by atoms with Crippen molar-refractivity contribution in [3.63, 3.8) is 0 Å². The number of ether oxygens (including phenoxy) is 1. The molecule has 0 saturated heterocycles. The van der Waals surface area contributed by atoms with Gasteiger partial charge in [0.05, 0.1) is 19.1 Å². The Balaban J connectivity index is 3.27. The number of nitrogens with two attached hydrogens (primary N) is 1. The van der Waals surface area contributed by atoms with Crippen molar-refractivity contribution in [1.29, 1.82) is 5.26 Å². The molecule has 0 aliphatic carbocycles. The standard InChI is InChI=1S/C13H19N3O3S/c1-4-16(9-10(2)8-14)20(17,18)13-7-11(15)5-6-12(13)19-3/h5-7,10H,4,9,15H2,1-3H3. The van der Waals surface area contributed by atoms with Crippen LogP contribution in [0.4, 0.5) is 5.69 Å². The van der Waals surface area contributed by atoms with Gasteiger partial charge in [0.15, 0.2) is 0 Å². The fraction of sp³-hybridized carbons (Fsp3) is 0.462. The number of sulfonamides is 1. The highest BCUT2D eigenvalue weighted by atomic mass is 32.2. The Hall–Kier alpha value is -1.78. The zero-order valence-corrected chi connectivity index (χ0v) is 12.6. The number of benzene rings is 1. The quantitative estimate of drug-likeness (QED) is 0.802. The van der Waals surface area contributed by atoms with Crippen LogP contribution in [0.25, 0.3) is 0 Å². The van der Waals surface area contributed by atoms with Crippen molar-refractivity contribution >= 4 is 15.7 Å². The lowest BCUT2D eigenvalue weighted by Crippen LogP contribution is -2.34. The van der Waals surface area contributed by atoms with Gasteiger partial charge in [-0.25, -0.2) is 8.42 Å². The van der Waals surface area contributed by atoms with Crippen molar-refractivity contribution in [3.8, 4) is 11.8 Å². The van der Waals surface area contributed by atoms with Gasteiger partial charge in [-0.2, -0.15) is 9.57 Å². The Morgan fingerprint density at radius 1 is 1.50 bits per heavy atom. The fourth-order valence-electron chi connectivity index (χ4n) is 1.78. The van der Waals surface area contributed by atoms with Gasteiger partial charge in [-0.3, -0.25) is 0 Å². The van der Waals surface area contributed by atoms with Gasteiger partial charge in [0.2, 0.25) is 10.0 Å². The second-order valence-corrected chi connectivity index (χ2v) is 6.30. The van der Waals surface area contributed by atoms with Crippen LogP contribution < -0.4 is 10.5 Å². The molecule has 1 atom stereocenters. The molecule has 0 bridgehead atoms. The SMILES string of the molecule is CCN(CC(C)C#N)S(=O)(=O)c1cc(N)ccc1OC. The number of methoxy groups -OCH3 is 1. The highest BCUT2D eigenvalue weighted by molar-refractivity contribution is 7.89. The van der Waals surface area contributed by atoms with Crippen molar-refractivity contribution in [3.05, 3.63) is 18.2 Å². The molecule has 0 fully saturated rings. The van der Waals surface area contributed by atoms with Crippen molar-refractivity contribution in [2.45, 2.75) is 18.7 Å². The predicted molar refractivity (Wildman–Crippen MR) is 76.6 cm³/mol. The van der Waals surface area contributed by atoms with Gasteiger partial charge in [-0.1, -0.05) is 6.92 Å². The minimum absolute atomic E-state index is 0.0204. The summed E-state index contributed by atoms with van der Waals surface area (Å²) in [6.07, 6.45) is 0. The molecular weight excluding hydrogens is 278 g/mol. The van der Waals surface area contributed by atoms with Gasteiger partial charge in [0, 0.05) is 18.8 Å². The molecule has 0 aliphatic heterocycles. The molecule has 7 heteroatoms. The highest BCUT2D eigenvalue weighted by Gasteiger charge is 2.28. The Bertz CT molecular complexity index is 608. The van der Waals surface area contributed by atoms with Crippen LogP contribution in [0.15, 0.2) is 23.1 Å². The molecule has 1 rings (SSSR count). The summed E-state index contributed by atoms with van der Waals surface area (Å²) in [5.41, 5.74) is 6.00. The Morgan fingerprint density at radius 2 is 2.15 bits per heavy atom. The Kier molecular flexibility index (Phi) is 5.36. The molecular formula is C13H19N3O3S. The van der Waals surface area contributed by atoms with E-state index < -0.39 is 15.9 Å². The Labute approximate surface area is 119 Å². The molecule has 1 unspecified atom stereocenters. The number of nitrogens with zero attached hydrogens (tertiary/aromatic N) is 2. The molecule has 110 valence electrons. The monoisotopic (exact) mass is 297 g/mol. The first-order chi connectivity index (χ1) is 9.36. The molecule has 0 heterocycles. The van der Waals surface area contributed by atoms with E-state index in [1.165, 1.54) is 23.5 Å². The van der Waals surface area contributed by atoms with Gasteiger partial charge in [0.25, 0.3) is 0 Å². The van der Waals surface area contributed by atoms with E-state index in [9.17, 15) is 8.42 Å². The van der Waals surface area contributed by atoms with Crippen molar-refractivity contribution in [1.82, 2.24) is 4.31 Å². The van der Waals surface area contributed by atoms with Crippen LogP contribution in [0.3, 0.4) is 0 Å². The topological polar surface area (TPSA) is 96.4 Å². The van der Waals surface area contributed by atoms with Crippen LogP contribution in [0.2, 0.25) is 0 Å². The minimum atomic E-state index is -3.74. The normalized spacial score (nSPS) is 12.9. The van der Waals surface area contributed by atoms with E-state index in [1.807, 2.05) is 6.07 Å². The first kappa shape index (κ1) is 16.3. The molecule has 1 aromatic rings.